The summed E-state index contributed by atoms with van der Waals surface area (Å²) < 4.78 is 0. The number of aromatic amines is 1. The summed E-state index contributed by atoms with van der Waals surface area (Å²) in [6, 6.07) is 0. The number of nitrogens with zero attached hydrogens (tertiary/aromatic N) is 1. The monoisotopic (exact) mass is 220 g/mol. The molecule has 16 heavy (non-hydrogen) atoms. The molecule has 3 nitrogen and oxygen atoms in total. The van der Waals surface area contributed by atoms with E-state index < -0.39 is 0 Å². The number of nitrogens with one attached hydrogen (secondary N) is 1. The molecular formula is C13H20N2O. The maximum atomic E-state index is 11.8. The van der Waals surface area contributed by atoms with Crippen LogP contribution in [0, 0.1) is 5.92 Å². The molecule has 88 valence electrons. The van der Waals surface area contributed by atoms with Gasteiger partial charge in [0.05, 0.1) is 5.69 Å². The quantitative estimate of drug-likeness (QED) is 0.849. The molecule has 2 rings (SSSR count). The smallest absolute Gasteiger partial charge is 0.254 e. The summed E-state index contributed by atoms with van der Waals surface area (Å²) in [5, 5.41) is 0. The number of aryl methyl sites for hydroxylation is 2. The lowest BCUT2D eigenvalue weighted by atomic mass is 9.97. The van der Waals surface area contributed by atoms with Crippen molar-refractivity contribution in [3.05, 3.63) is 27.4 Å². The van der Waals surface area contributed by atoms with Crippen LogP contribution in [0.25, 0.3) is 0 Å². The maximum Gasteiger partial charge on any atom is 0.254 e. The van der Waals surface area contributed by atoms with Crippen molar-refractivity contribution < 1.29 is 0 Å². The molecule has 0 unspecified atom stereocenters. The first kappa shape index (κ1) is 11.4. The van der Waals surface area contributed by atoms with Crippen molar-refractivity contribution in [2.75, 3.05) is 0 Å². The summed E-state index contributed by atoms with van der Waals surface area (Å²) in [6.45, 7) is 4.38. The molecule has 1 aliphatic carbocycles. The van der Waals surface area contributed by atoms with Crippen LogP contribution in [0.2, 0.25) is 0 Å². The van der Waals surface area contributed by atoms with Crippen LogP contribution in [-0.2, 0) is 19.3 Å². The second-order valence-electron chi connectivity index (χ2n) is 5.08. The normalized spacial score (nSPS) is 15.2. The maximum absolute atomic E-state index is 11.8. The van der Waals surface area contributed by atoms with Gasteiger partial charge in [0.15, 0.2) is 0 Å². The number of hydrogen-bond acceptors (Lipinski definition) is 2. The lowest BCUT2D eigenvalue weighted by Crippen LogP contribution is -2.23. The molecule has 0 saturated carbocycles. The van der Waals surface area contributed by atoms with Crippen LogP contribution < -0.4 is 5.56 Å². The summed E-state index contributed by atoms with van der Waals surface area (Å²) in [4.78, 5) is 19.3. The molecule has 0 radical (unpaired) electrons. The van der Waals surface area contributed by atoms with Gasteiger partial charge in [0.2, 0.25) is 0 Å². The van der Waals surface area contributed by atoms with Crippen molar-refractivity contribution in [3.8, 4) is 0 Å². The Labute approximate surface area is 96.3 Å². The van der Waals surface area contributed by atoms with E-state index in [2.05, 4.69) is 23.8 Å². The van der Waals surface area contributed by atoms with Gasteiger partial charge in [-0.25, -0.2) is 4.98 Å². The molecule has 1 aromatic rings. The molecular weight excluding hydrogens is 200 g/mol. The molecule has 0 bridgehead atoms. The van der Waals surface area contributed by atoms with E-state index in [1.54, 1.807) is 0 Å². The molecule has 0 aromatic carbocycles. The van der Waals surface area contributed by atoms with Crippen LogP contribution in [0.4, 0.5) is 0 Å². The third kappa shape index (κ3) is 2.52. The van der Waals surface area contributed by atoms with E-state index in [0.717, 1.165) is 49.2 Å². The third-order valence-electron chi connectivity index (χ3n) is 3.20. The van der Waals surface area contributed by atoms with Gasteiger partial charge in [0, 0.05) is 12.0 Å². The van der Waals surface area contributed by atoms with Crippen molar-refractivity contribution >= 4 is 0 Å². The summed E-state index contributed by atoms with van der Waals surface area (Å²) in [5.74, 6) is 1.53. The first-order valence-electron chi connectivity index (χ1n) is 6.27. The number of fused-ring (bicyclic) bond motifs is 1. The highest BCUT2D eigenvalue weighted by molar-refractivity contribution is 5.20. The fourth-order valence-corrected chi connectivity index (χ4v) is 2.20. The predicted octanol–water partition coefficient (Wildman–Crippen LogP) is 2.24. The van der Waals surface area contributed by atoms with Gasteiger partial charge in [-0.1, -0.05) is 13.8 Å². The predicted molar refractivity (Wildman–Crippen MR) is 64.7 cm³/mol. The Bertz CT molecular complexity index is 420. The average molecular weight is 220 g/mol. The number of H-pyrrole nitrogens is 1. The molecule has 1 aliphatic rings. The highest BCUT2D eigenvalue weighted by Crippen LogP contribution is 2.16. The van der Waals surface area contributed by atoms with E-state index in [4.69, 9.17) is 0 Å². The van der Waals surface area contributed by atoms with Crippen molar-refractivity contribution in [2.45, 2.75) is 52.4 Å². The minimum atomic E-state index is 0.100. The van der Waals surface area contributed by atoms with Crippen LogP contribution in [0.15, 0.2) is 4.79 Å². The second-order valence-corrected chi connectivity index (χ2v) is 5.08. The largest absolute Gasteiger partial charge is 0.310 e. The number of hydrogen-bond donors (Lipinski definition) is 1. The van der Waals surface area contributed by atoms with E-state index in [-0.39, 0.29) is 5.56 Å². The Morgan fingerprint density at radius 3 is 2.81 bits per heavy atom. The van der Waals surface area contributed by atoms with Crippen LogP contribution >= 0.6 is 0 Å². The van der Waals surface area contributed by atoms with E-state index in [0.29, 0.717) is 5.92 Å². The van der Waals surface area contributed by atoms with E-state index in [1.165, 1.54) is 6.42 Å². The van der Waals surface area contributed by atoms with Crippen molar-refractivity contribution in [1.29, 1.82) is 0 Å². The molecule has 3 heteroatoms. The number of rotatable bonds is 3. The zero-order valence-corrected chi connectivity index (χ0v) is 10.2. The Kier molecular flexibility index (Phi) is 3.42. The van der Waals surface area contributed by atoms with Crippen LogP contribution in [0.3, 0.4) is 0 Å². The molecule has 1 N–H and O–H groups in total. The molecule has 1 heterocycles. The lowest BCUT2D eigenvalue weighted by Gasteiger charge is -2.14. The topological polar surface area (TPSA) is 45.8 Å². The molecule has 0 fully saturated rings. The van der Waals surface area contributed by atoms with Gasteiger partial charge in [-0.15, -0.1) is 0 Å². The van der Waals surface area contributed by atoms with Crippen LogP contribution in [-0.4, -0.2) is 9.97 Å². The Morgan fingerprint density at radius 2 is 2.06 bits per heavy atom. The fraction of sp³-hybridized carbons (Fsp3) is 0.692. The standard InChI is InChI=1S/C13H20N2O/c1-9(2)7-8-12-14-11-6-4-3-5-10(11)13(16)15-12/h9H,3-8H2,1-2H3,(H,14,15,16). The first-order chi connectivity index (χ1) is 7.66. The molecule has 0 aliphatic heterocycles. The van der Waals surface area contributed by atoms with Gasteiger partial charge < -0.3 is 4.98 Å². The summed E-state index contributed by atoms with van der Waals surface area (Å²) >= 11 is 0. The second kappa shape index (κ2) is 4.81. The van der Waals surface area contributed by atoms with E-state index in [9.17, 15) is 4.79 Å². The van der Waals surface area contributed by atoms with Gasteiger partial charge >= 0.3 is 0 Å². The van der Waals surface area contributed by atoms with Gasteiger partial charge in [-0.05, 0) is 38.0 Å². The zero-order chi connectivity index (χ0) is 11.5. The number of aromatic nitrogens is 2. The Balaban J connectivity index is 2.22. The van der Waals surface area contributed by atoms with Crippen molar-refractivity contribution in [2.24, 2.45) is 5.92 Å². The van der Waals surface area contributed by atoms with Gasteiger partial charge in [0.25, 0.3) is 5.56 Å². The molecule has 1 aromatic heterocycles. The third-order valence-corrected chi connectivity index (χ3v) is 3.20. The van der Waals surface area contributed by atoms with E-state index in [1.807, 2.05) is 0 Å². The van der Waals surface area contributed by atoms with Gasteiger partial charge in [0.1, 0.15) is 5.82 Å². The average Bonchev–Trinajstić information content (AvgIpc) is 2.26. The summed E-state index contributed by atoms with van der Waals surface area (Å²) in [6.07, 6.45) is 6.16. The minimum Gasteiger partial charge on any atom is -0.310 e. The first-order valence-corrected chi connectivity index (χ1v) is 6.27. The zero-order valence-electron chi connectivity index (χ0n) is 10.2. The highest BCUT2D eigenvalue weighted by Gasteiger charge is 2.15. The van der Waals surface area contributed by atoms with Crippen LogP contribution in [0.5, 0.6) is 0 Å². The van der Waals surface area contributed by atoms with E-state index >= 15 is 0 Å². The molecule has 0 atom stereocenters. The summed E-state index contributed by atoms with van der Waals surface area (Å²) in [7, 11) is 0. The van der Waals surface area contributed by atoms with Crippen molar-refractivity contribution in [1.82, 2.24) is 9.97 Å². The van der Waals surface area contributed by atoms with Crippen molar-refractivity contribution in [3.63, 3.8) is 0 Å². The Hall–Kier alpha value is -1.12. The molecule has 0 spiro atoms. The highest BCUT2D eigenvalue weighted by atomic mass is 16.1. The molecule has 0 saturated heterocycles. The lowest BCUT2D eigenvalue weighted by molar-refractivity contribution is 0.566. The minimum absolute atomic E-state index is 0.100. The Morgan fingerprint density at radius 1 is 1.31 bits per heavy atom. The van der Waals surface area contributed by atoms with Crippen LogP contribution in [0.1, 0.15) is 50.2 Å². The SMILES string of the molecule is CC(C)CCc1nc2c(c(=O)[nH]1)CCCC2. The van der Waals surface area contributed by atoms with Gasteiger partial charge in [-0.2, -0.15) is 0 Å². The fourth-order valence-electron chi connectivity index (χ4n) is 2.20. The molecule has 0 amide bonds. The summed E-state index contributed by atoms with van der Waals surface area (Å²) in [5.41, 5.74) is 2.08. The van der Waals surface area contributed by atoms with Gasteiger partial charge in [-0.3, -0.25) is 4.79 Å².